The first-order valence-corrected chi connectivity index (χ1v) is 5.70. The Morgan fingerprint density at radius 3 is 2.93 bits per heavy atom. The molecular weight excluding hydrogens is 188 g/mol. The topological polar surface area (TPSA) is 47.1 Å². The number of imidazole rings is 1. The predicted octanol–water partition coefficient (Wildman–Crippen LogP) is 1.12. The Hall–Kier alpha value is -1.03. The average molecular weight is 208 g/mol. The molecule has 1 aliphatic heterocycles. The van der Waals surface area contributed by atoms with Crippen molar-refractivity contribution < 1.29 is 0 Å². The van der Waals surface area contributed by atoms with Gasteiger partial charge in [0, 0.05) is 19.3 Å². The highest BCUT2D eigenvalue weighted by molar-refractivity contribution is 5.21. The third-order valence-electron chi connectivity index (χ3n) is 3.20. The van der Waals surface area contributed by atoms with E-state index in [0.717, 1.165) is 24.7 Å². The molecule has 15 heavy (non-hydrogen) atoms. The fraction of sp³-hybridized carbons (Fsp3) is 0.727. The van der Waals surface area contributed by atoms with E-state index in [1.807, 2.05) is 13.1 Å². The van der Waals surface area contributed by atoms with Gasteiger partial charge in [0.15, 0.2) is 5.95 Å². The number of hydrogen-bond acceptors (Lipinski definition) is 3. The molecule has 0 saturated carbocycles. The minimum atomic E-state index is 0.655. The first kappa shape index (κ1) is 10.5. The Kier molecular flexibility index (Phi) is 2.95. The molecule has 0 aromatic carbocycles. The van der Waals surface area contributed by atoms with E-state index >= 15 is 0 Å². The van der Waals surface area contributed by atoms with E-state index in [1.54, 1.807) is 0 Å². The lowest BCUT2D eigenvalue weighted by Crippen LogP contribution is -2.21. The van der Waals surface area contributed by atoms with Gasteiger partial charge in [-0.3, -0.25) is 0 Å². The van der Waals surface area contributed by atoms with Crippen molar-refractivity contribution in [2.24, 2.45) is 5.92 Å². The van der Waals surface area contributed by atoms with Crippen LogP contribution in [0, 0.1) is 12.8 Å². The van der Waals surface area contributed by atoms with Gasteiger partial charge in [-0.25, -0.2) is 4.98 Å². The van der Waals surface area contributed by atoms with E-state index in [2.05, 4.69) is 21.4 Å². The predicted molar refractivity (Wildman–Crippen MR) is 61.6 cm³/mol. The van der Waals surface area contributed by atoms with Crippen molar-refractivity contribution in [2.75, 3.05) is 25.4 Å². The van der Waals surface area contributed by atoms with Crippen LogP contribution in [0.1, 0.15) is 19.0 Å². The van der Waals surface area contributed by atoms with Gasteiger partial charge >= 0.3 is 0 Å². The molecule has 0 spiro atoms. The number of nitrogens with two attached hydrogens (primary N) is 1. The summed E-state index contributed by atoms with van der Waals surface area (Å²) in [5.74, 6) is 1.39. The lowest BCUT2D eigenvalue weighted by molar-refractivity contribution is 0.333. The maximum atomic E-state index is 5.82. The number of hydrogen-bond donors (Lipinski definition) is 1. The second-order valence-electron chi connectivity index (χ2n) is 4.44. The smallest absolute Gasteiger partial charge is 0.200 e. The van der Waals surface area contributed by atoms with E-state index in [0.29, 0.717) is 5.95 Å². The minimum Gasteiger partial charge on any atom is -0.369 e. The first-order chi connectivity index (χ1) is 7.19. The summed E-state index contributed by atoms with van der Waals surface area (Å²) in [5, 5.41) is 0. The van der Waals surface area contributed by atoms with Crippen molar-refractivity contribution in [2.45, 2.75) is 26.8 Å². The SMILES string of the molecule is CCN1CCC(Cn2cc(C)nc2N)C1. The van der Waals surface area contributed by atoms with Gasteiger partial charge in [-0.15, -0.1) is 0 Å². The summed E-state index contributed by atoms with van der Waals surface area (Å²) in [6.07, 6.45) is 3.33. The number of aromatic nitrogens is 2. The van der Waals surface area contributed by atoms with Crippen LogP contribution in [0.3, 0.4) is 0 Å². The van der Waals surface area contributed by atoms with Crippen LogP contribution in [0.25, 0.3) is 0 Å². The highest BCUT2D eigenvalue weighted by Gasteiger charge is 2.21. The van der Waals surface area contributed by atoms with Gasteiger partial charge in [-0.1, -0.05) is 6.92 Å². The van der Waals surface area contributed by atoms with Gasteiger partial charge in [0.25, 0.3) is 0 Å². The lowest BCUT2D eigenvalue weighted by Gasteiger charge is -2.13. The van der Waals surface area contributed by atoms with Crippen LogP contribution in [-0.4, -0.2) is 34.1 Å². The molecule has 2 rings (SSSR count). The number of aryl methyl sites for hydroxylation is 1. The molecule has 1 aromatic rings. The molecule has 1 aliphatic rings. The van der Waals surface area contributed by atoms with Crippen LogP contribution in [0.4, 0.5) is 5.95 Å². The van der Waals surface area contributed by atoms with E-state index < -0.39 is 0 Å². The summed E-state index contributed by atoms with van der Waals surface area (Å²) in [6.45, 7) is 8.82. The van der Waals surface area contributed by atoms with Crippen molar-refractivity contribution in [3.05, 3.63) is 11.9 Å². The monoisotopic (exact) mass is 208 g/mol. The van der Waals surface area contributed by atoms with Crippen LogP contribution in [0.5, 0.6) is 0 Å². The van der Waals surface area contributed by atoms with Gasteiger partial charge in [0.05, 0.1) is 5.69 Å². The van der Waals surface area contributed by atoms with Crippen LogP contribution in [0.15, 0.2) is 6.20 Å². The first-order valence-electron chi connectivity index (χ1n) is 5.70. The molecule has 4 nitrogen and oxygen atoms in total. The van der Waals surface area contributed by atoms with Crippen molar-refractivity contribution in [1.82, 2.24) is 14.5 Å². The fourth-order valence-electron chi connectivity index (χ4n) is 2.34. The number of nitrogens with zero attached hydrogens (tertiary/aromatic N) is 3. The van der Waals surface area contributed by atoms with Gasteiger partial charge < -0.3 is 15.2 Å². The van der Waals surface area contributed by atoms with Crippen LogP contribution >= 0.6 is 0 Å². The molecule has 0 amide bonds. The summed E-state index contributed by atoms with van der Waals surface area (Å²) in [6, 6.07) is 0. The third-order valence-corrected chi connectivity index (χ3v) is 3.20. The largest absolute Gasteiger partial charge is 0.369 e. The summed E-state index contributed by atoms with van der Waals surface area (Å²) in [4.78, 5) is 6.71. The quantitative estimate of drug-likeness (QED) is 0.809. The van der Waals surface area contributed by atoms with Crippen LogP contribution in [-0.2, 0) is 6.54 Å². The highest BCUT2D eigenvalue weighted by Crippen LogP contribution is 2.19. The van der Waals surface area contributed by atoms with Crippen molar-refractivity contribution >= 4 is 5.95 Å². The summed E-state index contributed by atoms with van der Waals surface area (Å²) in [5.41, 5.74) is 6.84. The normalized spacial score (nSPS) is 22.4. The van der Waals surface area contributed by atoms with Gasteiger partial charge in [-0.05, 0) is 32.4 Å². The van der Waals surface area contributed by atoms with Crippen molar-refractivity contribution in [3.63, 3.8) is 0 Å². The highest BCUT2D eigenvalue weighted by atomic mass is 15.2. The molecule has 1 atom stereocenters. The van der Waals surface area contributed by atoms with Gasteiger partial charge in [-0.2, -0.15) is 0 Å². The summed E-state index contributed by atoms with van der Waals surface area (Å²) in [7, 11) is 0. The molecule has 1 aromatic heterocycles. The van der Waals surface area contributed by atoms with E-state index in [1.165, 1.54) is 19.5 Å². The van der Waals surface area contributed by atoms with Crippen LogP contribution in [0.2, 0.25) is 0 Å². The molecule has 4 heteroatoms. The molecule has 1 fully saturated rings. The Balaban J connectivity index is 1.95. The molecule has 84 valence electrons. The van der Waals surface area contributed by atoms with Crippen molar-refractivity contribution in [3.8, 4) is 0 Å². The molecule has 0 aliphatic carbocycles. The fourth-order valence-corrected chi connectivity index (χ4v) is 2.34. The van der Waals surface area contributed by atoms with Crippen LogP contribution < -0.4 is 5.73 Å². The second-order valence-corrected chi connectivity index (χ2v) is 4.44. The van der Waals surface area contributed by atoms with E-state index in [4.69, 9.17) is 5.73 Å². The zero-order valence-corrected chi connectivity index (χ0v) is 9.61. The zero-order chi connectivity index (χ0) is 10.8. The van der Waals surface area contributed by atoms with Gasteiger partial charge in [0.1, 0.15) is 0 Å². The Morgan fingerprint density at radius 2 is 2.40 bits per heavy atom. The molecule has 0 bridgehead atoms. The van der Waals surface area contributed by atoms with Gasteiger partial charge in [0.2, 0.25) is 0 Å². The lowest BCUT2D eigenvalue weighted by atomic mass is 10.1. The maximum absolute atomic E-state index is 5.82. The molecule has 1 saturated heterocycles. The van der Waals surface area contributed by atoms with E-state index in [-0.39, 0.29) is 0 Å². The molecule has 1 unspecified atom stereocenters. The Labute approximate surface area is 91.1 Å². The Bertz CT molecular complexity index is 331. The zero-order valence-electron chi connectivity index (χ0n) is 9.61. The second kappa shape index (κ2) is 4.23. The third kappa shape index (κ3) is 2.31. The number of likely N-dealkylation sites (tertiary alicyclic amines) is 1. The molecular formula is C11H20N4. The minimum absolute atomic E-state index is 0.655. The number of anilines is 1. The standard InChI is InChI=1S/C11H20N4/c1-3-14-5-4-10(7-14)8-15-6-9(2)13-11(15)12/h6,10H,3-5,7-8H2,1-2H3,(H2,12,13). The average Bonchev–Trinajstić information content (AvgIpc) is 2.75. The maximum Gasteiger partial charge on any atom is 0.200 e. The summed E-state index contributed by atoms with van der Waals surface area (Å²) < 4.78 is 2.08. The summed E-state index contributed by atoms with van der Waals surface area (Å²) >= 11 is 0. The molecule has 0 radical (unpaired) electrons. The molecule has 2 N–H and O–H groups in total. The number of nitrogen functional groups attached to an aromatic ring is 1. The molecule has 2 heterocycles. The Morgan fingerprint density at radius 1 is 1.60 bits per heavy atom. The number of rotatable bonds is 3. The van der Waals surface area contributed by atoms with E-state index in [9.17, 15) is 0 Å². The van der Waals surface area contributed by atoms with Crippen molar-refractivity contribution in [1.29, 1.82) is 0 Å².